The number of benzene rings is 2. The Hall–Kier alpha value is -2.69. The Labute approximate surface area is 108 Å². The molecule has 0 atom stereocenters. The first kappa shape index (κ1) is 12.8. The largest absolute Gasteiger partial charge is 0.478 e. The van der Waals surface area contributed by atoms with Crippen LogP contribution in [0, 0.1) is 5.82 Å². The lowest BCUT2D eigenvalue weighted by molar-refractivity contribution is 0.0668. The van der Waals surface area contributed by atoms with Gasteiger partial charge in [0.1, 0.15) is 11.6 Å². The molecule has 0 aromatic heterocycles. The number of carbonyl (C=O) groups excluding carboxylic acids is 1. The van der Waals surface area contributed by atoms with Crippen LogP contribution >= 0.6 is 0 Å². The number of carboxylic acids is 1. The summed E-state index contributed by atoms with van der Waals surface area (Å²) in [4.78, 5) is 22.8. The first-order valence-electron chi connectivity index (χ1n) is 5.38. The second kappa shape index (κ2) is 5.30. The summed E-state index contributed by atoms with van der Waals surface area (Å²) in [6.07, 6.45) is 0. The van der Waals surface area contributed by atoms with Gasteiger partial charge < -0.3 is 9.84 Å². The lowest BCUT2D eigenvalue weighted by Crippen LogP contribution is -2.13. The Morgan fingerprint density at radius 1 is 0.947 bits per heavy atom. The highest BCUT2D eigenvalue weighted by Crippen LogP contribution is 2.15. The van der Waals surface area contributed by atoms with Gasteiger partial charge in [-0.05, 0) is 36.4 Å². The molecule has 0 fully saturated rings. The monoisotopic (exact) mass is 260 g/mol. The zero-order valence-corrected chi connectivity index (χ0v) is 9.67. The van der Waals surface area contributed by atoms with Crippen molar-refractivity contribution in [2.24, 2.45) is 0 Å². The lowest BCUT2D eigenvalue weighted by Gasteiger charge is -2.06. The highest BCUT2D eigenvalue weighted by atomic mass is 19.1. The Kier molecular flexibility index (Phi) is 3.56. The number of carbonyl (C=O) groups is 2. The summed E-state index contributed by atoms with van der Waals surface area (Å²) in [5, 5.41) is 8.96. The third-order valence-corrected chi connectivity index (χ3v) is 2.40. The quantitative estimate of drug-likeness (QED) is 0.680. The molecule has 5 heteroatoms. The number of ether oxygens (including phenoxy) is 1. The molecule has 2 aromatic carbocycles. The molecule has 1 N–H and O–H groups in total. The van der Waals surface area contributed by atoms with Crippen molar-refractivity contribution in [2.45, 2.75) is 0 Å². The normalized spacial score (nSPS) is 9.95. The minimum Gasteiger partial charge on any atom is -0.478 e. The molecular formula is C14H9FO4. The molecule has 0 saturated carbocycles. The van der Waals surface area contributed by atoms with Gasteiger partial charge in [0, 0.05) is 0 Å². The van der Waals surface area contributed by atoms with Crippen LogP contribution in [0.1, 0.15) is 20.7 Å². The van der Waals surface area contributed by atoms with Crippen molar-refractivity contribution in [3.63, 3.8) is 0 Å². The Morgan fingerprint density at radius 2 is 1.53 bits per heavy atom. The van der Waals surface area contributed by atoms with E-state index in [1.165, 1.54) is 36.4 Å². The summed E-state index contributed by atoms with van der Waals surface area (Å²) in [5.74, 6) is -2.33. The van der Waals surface area contributed by atoms with Crippen LogP contribution in [0.4, 0.5) is 4.39 Å². The molecule has 4 nitrogen and oxygen atoms in total. The average Bonchev–Trinajstić information content (AvgIpc) is 2.41. The van der Waals surface area contributed by atoms with Crippen LogP contribution in [0.5, 0.6) is 5.75 Å². The molecule has 0 bridgehead atoms. The van der Waals surface area contributed by atoms with Gasteiger partial charge in [-0.2, -0.15) is 0 Å². The number of esters is 1. The maximum absolute atomic E-state index is 12.7. The first-order valence-corrected chi connectivity index (χ1v) is 5.38. The molecule has 2 aromatic rings. The lowest BCUT2D eigenvalue weighted by atomic mass is 10.1. The van der Waals surface area contributed by atoms with Crippen molar-refractivity contribution in [3.8, 4) is 5.75 Å². The van der Waals surface area contributed by atoms with Gasteiger partial charge in [0.2, 0.25) is 0 Å². The van der Waals surface area contributed by atoms with E-state index >= 15 is 0 Å². The van der Waals surface area contributed by atoms with Gasteiger partial charge in [0.15, 0.2) is 0 Å². The van der Waals surface area contributed by atoms with Crippen LogP contribution in [-0.2, 0) is 0 Å². The van der Waals surface area contributed by atoms with Gasteiger partial charge in [-0.1, -0.05) is 12.1 Å². The minimum absolute atomic E-state index is 0.0562. The summed E-state index contributed by atoms with van der Waals surface area (Å²) in [6, 6.07) is 10.6. The predicted molar refractivity (Wildman–Crippen MR) is 64.8 cm³/mol. The van der Waals surface area contributed by atoms with Crippen LogP contribution in [0.15, 0.2) is 48.5 Å². The fraction of sp³-hybridized carbons (Fsp3) is 0. The van der Waals surface area contributed by atoms with Crippen molar-refractivity contribution in [1.29, 1.82) is 0 Å². The molecule has 2 rings (SSSR count). The van der Waals surface area contributed by atoms with E-state index in [0.717, 1.165) is 12.1 Å². The number of aromatic carboxylic acids is 1. The van der Waals surface area contributed by atoms with Crippen LogP contribution in [0.25, 0.3) is 0 Å². The molecule has 0 heterocycles. The van der Waals surface area contributed by atoms with Gasteiger partial charge in [-0.25, -0.2) is 14.0 Å². The topological polar surface area (TPSA) is 63.6 Å². The van der Waals surface area contributed by atoms with E-state index in [9.17, 15) is 14.0 Å². The summed E-state index contributed by atoms with van der Waals surface area (Å²) < 4.78 is 17.7. The van der Waals surface area contributed by atoms with Crippen molar-refractivity contribution in [3.05, 3.63) is 65.5 Å². The molecular weight excluding hydrogens is 251 g/mol. The van der Waals surface area contributed by atoms with Gasteiger partial charge >= 0.3 is 11.9 Å². The van der Waals surface area contributed by atoms with E-state index in [1.807, 2.05) is 0 Å². The summed E-state index contributed by atoms with van der Waals surface area (Å²) in [6.45, 7) is 0. The van der Waals surface area contributed by atoms with Gasteiger partial charge in [-0.3, -0.25) is 0 Å². The zero-order valence-electron chi connectivity index (χ0n) is 9.67. The molecule has 0 saturated heterocycles. The Bertz CT molecular complexity index is 620. The van der Waals surface area contributed by atoms with E-state index in [4.69, 9.17) is 9.84 Å². The second-order valence-electron chi connectivity index (χ2n) is 3.69. The van der Waals surface area contributed by atoms with E-state index in [2.05, 4.69) is 0 Å². The van der Waals surface area contributed by atoms with Gasteiger partial charge in [0.25, 0.3) is 0 Å². The minimum atomic E-state index is -1.22. The van der Waals surface area contributed by atoms with Crippen LogP contribution < -0.4 is 4.74 Å². The van der Waals surface area contributed by atoms with E-state index in [0.29, 0.717) is 0 Å². The average molecular weight is 260 g/mol. The van der Waals surface area contributed by atoms with Gasteiger partial charge in [-0.15, -0.1) is 0 Å². The third-order valence-electron chi connectivity index (χ3n) is 2.40. The van der Waals surface area contributed by atoms with Gasteiger partial charge in [0.05, 0.1) is 11.1 Å². The molecule has 0 aliphatic heterocycles. The van der Waals surface area contributed by atoms with E-state index < -0.39 is 17.8 Å². The molecule has 0 amide bonds. The van der Waals surface area contributed by atoms with Crippen LogP contribution in [0.2, 0.25) is 0 Å². The summed E-state index contributed by atoms with van der Waals surface area (Å²) in [5.41, 5.74) is -0.200. The fourth-order valence-corrected chi connectivity index (χ4v) is 1.51. The molecule has 0 spiro atoms. The number of hydrogen-bond acceptors (Lipinski definition) is 3. The third kappa shape index (κ3) is 2.95. The maximum atomic E-state index is 12.7. The van der Waals surface area contributed by atoms with Crippen LogP contribution in [0.3, 0.4) is 0 Å². The number of hydrogen-bond donors (Lipinski definition) is 1. The molecule has 0 aliphatic rings. The highest BCUT2D eigenvalue weighted by Gasteiger charge is 2.17. The number of rotatable bonds is 3. The summed E-state index contributed by atoms with van der Waals surface area (Å²) >= 11 is 0. The van der Waals surface area contributed by atoms with E-state index in [1.54, 1.807) is 0 Å². The SMILES string of the molecule is O=C(O)c1ccccc1C(=O)Oc1ccc(F)cc1. The predicted octanol–water partition coefficient (Wildman–Crippen LogP) is 2.74. The van der Waals surface area contributed by atoms with Crippen molar-refractivity contribution < 1.29 is 23.8 Å². The smallest absolute Gasteiger partial charge is 0.344 e. The van der Waals surface area contributed by atoms with Crippen molar-refractivity contribution >= 4 is 11.9 Å². The molecule has 0 unspecified atom stereocenters. The zero-order chi connectivity index (χ0) is 13.8. The Morgan fingerprint density at radius 3 is 2.11 bits per heavy atom. The van der Waals surface area contributed by atoms with Crippen LogP contribution in [-0.4, -0.2) is 17.0 Å². The number of carboxylic acid groups (broad SMARTS) is 1. The van der Waals surface area contributed by atoms with Crippen molar-refractivity contribution in [2.75, 3.05) is 0 Å². The highest BCUT2D eigenvalue weighted by molar-refractivity contribution is 6.03. The Balaban J connectivity index is 2.25. The number of halogens is 1. The molecule has 96 valence electrons. The van der Waals surface area contributed by atoms with Crippen molar-refractivity contribution in [1.82, 2.24) is 0 Å². The molecule has 0 radical (unpaired) electrons. The molecule has 19 heavy (non-hydrogen) atoms. The second-order valence-corrected chi connectivity index (χ2v) is 3.69. The standard InChI is InChI=1S/C14H9FO4/c15-9-5-7-10(8-6-9)19-14(18)12-4-2-1-3-11(12)13(16)17/h1-8H,(H,16,17). The summed E-state index contributed by atoms with van der Waals surface area (Å²) in [7, 11) is 0. The maximum Gasteiger partial charge on any atom is 0.344 e. The first-order chi connectivity index (χ1) is 9.08. The fourth-order valence-electron chi connectivity index (χ4n) is 1.51. The molecule has 0 aliphatic carbocycles. The van der Waals surface area contributed by atoms with E-state index in [-0.39, 0.29) is 16.9 Å².